The van der Waals surface area contributed by atoms with Gasteiger partial charge in [0.1, 0.15) is 11.5 Å². The van der Waals surface area contributed by atoms with Crippen molar-refractivity contribution in [3.05, 3.63) is 30.3 Å². The Hall–Kier alpha value is -1.23. The quantitative estimate of drug-likeness (QED) is 0.802. The van der Waals surface area contributed by atoms with Crippen molar-refractivity contribution in [1.82, 2.24) is 0 Å². The van der Waals surface area contributed by atoms with Crippen molar-refractivity contribution in [1.29, 1.82) is 0 Å². The highest BCUT2D eigenvalue weighted by molar-refractivity contribution is 7.86. The number of ether oxygens (including phenoxy) is 1. The van der Waals surface area contributed by atoms with E-state index < -0.39 is 33.3 Å². The molecule has 0 radical (unpaired) electrons. The summed E-state index contributed by atoms with van der Waals surface area (Å²) in [4.78, 5) is 12.2. The first kappa shape index (κ1) is 14.2. The van der Waals surface area contributed by atoms with Crippen LogP contribution in [-0.4, -0.2) is 20.8 Å². The summed E-state index contributed by atoms with van der Waals surface area (Å²) in [5.74, 6) is -1.54. The molecule has 0 aromatic heterocycles. The second-order valence-electron chi connectivity index (χ2n) is 5.66. The summed E-state index contributed by atoms with van der Waals surface area (Å²) in [6.45, 7) is 5.17. The van der Waals surface area contributed by atoms with E-state index in [1.165, 1.54) is 0 Å². The molecule has 2 rings (SSSR count). The van der Waals surface area contributed by atoms with Gasteiger partial charge in [0.25, 0.3) is 0 Å². The van der Waals surface area contributed by atoms with Gasteiger partial charge >= 0.3 is 5.97 Å². The molecule has 0 heterocycles. The van der Waals surface area contributed by atoms with Crippen LogP contribution < -0.4 is 0 Å². The van der Waals surface area contributed by atoms with Gasteiger partial charge in [0.15, 0.2) is 0 Å². The molecule has 0 saturated heterocycles. The molecular formula is C14H17FO3S. The lowest BCUT2D eigenvalue weighted by Gasteiger charge is -2.19. The van der Waals surface area contributed by atoms with Crippen LogP contribution in [-0.2, 0) is 20.3 Å². The van der Waals surface area contributed by atoms with Crippen LogP contribution in [0.4, 0.5) is 4.39 Å². The molecule has 5 heteroatoms. The summed E-state index contributed by atoms with van der Waals surface area (Å²) >= 11 is 0. The fraction of sp³-hybridized carbons (Fsp3) is 0.500. The van der Waals surface area contributed by atoms with Gasteiger partial charge in [-0.3, -0.25) is 9.00 Å². The third-order valence-corrected chi connectivity index (χ3v) is 4.57. The molecule has 1 unspecified atom stereocenters. The average molecular weight is 284 g/mol. The zero-order chi connectivity index (χ0) is 14.3. The van der Waals surface area contributed by atoms with Crippen LogP contribution in [0.2, 0.25) is 0 Å². The summed E-state index contributed by atoms with van der Waals surface area (Å²) in [6.07, 6.45) is -0.0383. The van der Waals surface area contributed by atoms with Crippen LogP contribution in [0.5, 0.6) is 0 Å². The van der Waals surface area contributed by atoms with Crippen molar-refractivity contribution in [2.45, 2.75) is 42.7 Å². The van der Waals surface area contributed by atoms with E-state index in [1.807, 2.05) is 0 Å². The Kier molecular flexibility index (Phi) is 3.51. The molecule has 1 aromatic rings. The molecule has 3 nitrogen and oxygen atoms in total. The summed E-state index contributed by atoms with van der Waals surface area (Å²) in [6, 6.07) is 8.36. The van der Waals surface area contributed by atoms with Crippen molar-refractivity contribution in [2.75, 3.05) is 0 Å². The van der Waals surface area contributed by atoms with Crippen molar-refractivity contribution < 1.29 is 18.1 Å². The SMILES string of the molecule is CC(C)(C)OC(=O)[C@@H]1C[C@]1(F)S(=O)c1ccccc1. The van der Waals surface area contributed by atoms with Crippen LogP contribution in [0, 0.1) is 5.92 Å². The Morgan fingerprint density at radius 2 is 1.95 bits per heavy atom. The molecule has 3 atom stereocenters. The summed E-state index contributed by atoms with van der Waals surface area (Å²) in [5, 5.41) is -1.98. The average Bonchev–Trinajstić information content (AvgIpc) is 3.01. The van der Waals surface area contributed by atoms with Crippen LogP contribution in [0.15, 0.2) is 35.2 Å². The van der Waals surface area contributed by atoms with Gasteiger partial charge in [0, 0.05) is 11.3 Å². The predicted molar refractivity (Wildman–Crippen MR) is 70.6 cm³/mol. The third-order valence-electron chi connectivity index (χ3n) is 2.80. The lowest BCUT2D eigenvalue weighted by molar-refractivity contribution is -0.157. The first-order chi connectivity index (χ1) is 8.74. The summed E-state index contributed by atoms with van der Waals surface area (Å²) < 4.78 is 31.7. The smallest absolute Gasteiger partial charge is 0.313 e. The number of alkyl halides is 1. The normalized spacial score (nSPS) is 27.7. The minimum absolute atomic E-state index is 0.0383. The second kappa shape index (κ2) is 4.71. The Bertz CT molecular complexity index is 509. The fourth-order valence-electron chi connectivity index (χ4n) is 1.80. The number of esters is 1. The molecule has 0 bridgehead atoms. The molecule has 1 saturated carbocycles. The van der Waals surface area contributed by atoms with E-state index in [4.69, 9.17) is 4.74 Å². The van der Waals surface area contributed by atoms with Gasteiger partial charge in [0.2, 0.25) is 5.00 Å². The fourth-order valence-corrected chi connectivity index (χ4v) is 3.27. The molecule has 0 N–H and O–H groups in total. The van der Waals surface area contributed by atoms with Crippen LogP contribution in [0.25, 0.3) is 0 Å². The van der Waals surface area contributed by atoms with E-state index in [0.29, 0.717) is 4.90 Å². The molecule has 104 valence electrons. The van der Waals surface area contributed by atoms with E-state index in [0.717, 1.165) is 0 Å². The Morgan fingerprint density at radius 3 is 2.47 bits per heavy atom. The van der Waals surface area contributed by atoms with Crippen molar-refractivity contribution >= 4 is 16.8 Å². The minimum Gasteiger partial charge on any atom is -0.460 e. The highest BCUT2D eigenvalue weighted by atomic mass is 32.2. The van der Waals surface area contributed by atoms with Gasteiger partial charge in [-0.05, 0) is 32.9 Å². The van der Waals surface area contributed by atoms with Crippen molar-refractivity contribution in [3.63, 3.8) is 0 Å². The molecule has 1 aliphatic rings. The Labute approximate surface area is 114 Å². The van der Waals surface area contributed by atoms with Crippen molar-refractivity contribution in [2.24, 2.45) is 5.92 Å². The van der Waals surface area contributed by atoms with E-state index in [9.17, 15) is 13.4 Å². The summed E-state index contributed by atoms with van der Waals surface area (Å²) in [5.41, 5.74) is -0.658. The first-order valence-corrected chi connectivity index (χ1v) is 7.28. The van der Waals surface area contributed by atoms with Crippen LogP contribution >= 0.6 is 0 Å². The minimum atomic E-state index is -1.98. The highest BCUT2D eigenvalue weighted by Gasteiger charge is 2.66. The lowest BCUT2D eigenvalue weighted by atomic mass is 10.2. The molecule has 19 heavy (non-hydrogen) atoms. The molecule has 1 aliphatic carbocycles. The number of rotatable bonds is 3. The van der Waals surface area contributed by atoms with Gasteiger partial charge in [-0.25, -0.2) is 4.39 Å². The zero-order valence-electron chi connectivity index (χ0n) is 11.2. The highest BCUT2D eigenvalue weighted by Crippen LogP contribution is 2.52. The first-order valence-electron chi connectivity index (χ1n) is 6.13. The van der Waals surface area contributed by atoms with Gasteiger partial charge in [-0.15, -0.1) is 0 Å². The topological polar surface area (TPSA) is 43.4 Å². The molecule has 1 fully saturated rings. The number of carbonyl (C=O) groups excluding carboxylic acids is 1. The van der Waals surface area contributed by atoms with E-state index >= 15 is 0 Å². The van der Waals surface area contributed by atoms with Gasteiger partial charge in [-0.2, -0.15) is 0 Å². The lowest BCUT2D eigenvalue weighted by Crippen LogP contribution is -2.28. The van der Waals surface area contributed by atoms with Crippen LogP contribution in [0.3, 0.4) is 0 Å². The van der Waals surface area contributed by atoms with Crippen molar-refractivity contribution in [3.8, 4) is 0 Å². The number of benzene rings is 1. The number of hydrogen-bond acceptors (Lipinski definition) is 3. The van der Waals surface area contributed by atoms with E-state index in [2.05, 4.69) is 0 Å². The maximum atomic E-state index is 14.5. The number of carbonyl (C=O) groups is 1. The zero-order valence-corrected chi connectivity index (χ0v) is 12.0. The Balaban J connectivity index is 2.08. The molecule has 0 spiro atoms. The van der Waals surface area contributed by atoms with Gasteiger partial charge in [0.05, 0.1) is 10.8 Å². The second-order valence-corrected chi connectivity index (χ2v) is 7.35. The Morgan fingerprint density at radius 1 is 1.37 bits per heavy atom. The van der Waals surface area contributed by atoms with E-state index in [-0.39, 0.29) is 6.42 Å². The maximum absolute atomic E-state index is 14.5. The number of halogens is 1. The largest absolute Gasteiger partial charge is 0.460 e. The summed E-state index contributed by atoms with van der Waals surface area (Å²) in [7, 11) is -1.84. The third kappa shape index (κ3) is 3.03. The van der Waals surface area contributed by atoms with Gasteiger partial charge < -0.3 is 4.74 Å². The molecule has 1 aromatic carbocycles. The number of hydrogen-bond donors (Lipinski definition) is 0. The molecule has 0 amide bonds. The standard InChI is InChI=1S/C14H17FO3S/c1-13(2,3)18-12(16)11-9-14(11,15)19(17)10-7-5-4-6-8-10/h4-8,11H,9H2,1-3H3/t11-,14-,19?/m0/s1. The van der Waals surface area contributed by atoms with E-state index in [1.54, 1.807) is 51.1 Å². The monoisotopic (exact) mass is 284 g/mol. The predicted octanol–water partition coefficient (Wildman–Crippen LogP) is 2.82. The van der Waals surface area contributed by atoms with Gasteiger partial charge in [-0.1, -0.05) is 18.2 Å². The molecule has 0 aliphatic heterocycles. The maximum Gasteiger partial charge on any atom is 0.313 e. The van der Waals surface area contributed by atoms with Crippen LogP contribution in [0.1, 0.15) is 27.2 Å². The molecular weight excluding hydrogens is 267 g/mol.